The van der Waals surface area contributed by atoms with E-state index in [2.05, 4.69) is 58.9 Å². The molecule has 5 heteroatoms. The summed E-state index contributed by atoms with van der Waals surface area (Å²) in [5, 5.41) is 4.32. The van der Waals surface area contributed by atoms with E-state index in [9.17, 15) is 0 Å². The minimum atomic E-state index is 0.805. The fourth-order valence-corrected chi connectivity index (χ4v) is 4.80. The van der Waals surface area contributed by atoms with Gasteiger partial charge < -0.3 is 10.2 Å². The van der Waals surface area contributed by atoms with Crippen LogP contribution >= 0.6 is 24.0 Å². The summed E-state index contributed by atoms with van der Waals surface area (Å²) >= 11 is 7.75. The van der Waals surface area contributed by atoms with E-state index >= 15 is 0 Å². The molecule has 1 N–H and O–H groups in total. The Morgan fingerprint density at radius 2 is 1.83 bits per heavy atom. The predicted molar refractivity (Wildman–Crippen MR) is 106 cm³/mol. The van der Waals surface area contributed by atoms with Crippen LogP contribution in [0.25, 0.3) is 0 Å². The maximum Gasteiger partial charge on any atom is 0.173 e. The summed E-state index contributed by atoms with van der Waals surface area (Å²) in [6.45, 7) is 8.67. The van der Waals surface area contributed by atoms with Gasteiger partial charge in [-0.3, -0.25) is 4.90 Å². The third-order valence-electron chi connectivity index (χ3n) is 5.15. The monoisotopic (exact) mass is 349 g/mol. The number of piperazine rings is 1. The summed E-state index contributed by atoms with van der Waals surface area (Å²) in [5.74, 6) is 2.66. The minimum absolute atomic E-state index is 0.805. The van der Waals surface area contributed by atoms with Crippen molar-refractivity contribution in [2.75, 3.05) is 43.0 Å². The van der Waals surface area contributed by atoms with Gasteiger partial charge >= 0.3 is 0 Å². The second-order valence-corrected chi connectivity index (χ2v) is 8.16. The van der Waals surface area contributed by atoms with Gasteiger partial charge in [0.1, 0.15) is 0 Å². The third-order valence-corrected chi connectivity index (χ3v) is 6.56. The van der Waals surface area contributed by atoms with Crippen molar-refractivity contribution >= 4 is 34.8 Å². The van der Waals surface area contributed by atoms with Crippen LogP contribution in [-0.4, -0.2) is 58.6 Å². The van der Waals surface area contributed by atoms with Crippen molar-refractivity contribution in [3.05, 3.63) is 29.3 Å². The Morgan fingerprint density at radius 3 is 2.52 bits per heavy atom. The van der Waals surface area contributed by atoms with Crippen molar-refractivity contribution in [3.63, 3.8) is 0 Å². The molecule has 2 saturated heterocycles. The smallest absolute Gasteiger partial charge is 0.173 e. The SMILES string of the molecule is Cc1cccc(NC(=S)N2CCN(C3CCSCC3)CC2)c1C. The second-order valence-electron chi connectivity index (χ2n) is 6.54. The molecule has 0 unspecified atom stereocenters. The number of thioether (sulfide) groups is 1. The van der Waals surface area contributed by atoms with Crippen LogP contribution in [0.5, 0.6) is 0 Å². The van der Waals surface area contributed by atoms with Crippen LogP contribution in [0, 0.1) is 13.8 Å². The molecule has 23 heavy (non-hydrogen) atoms. The van der Waals surface area contributed by atoms with Gasteiger partial charge in [-0.05, 0) is 67.6 Å². The van der Waals surface area contributed by atoms with Crippen molar-refractivity contribution in [2.45, 2.75) is 32.7 Å². The number of hydrogen-bond donors (Lipinski definition) is 1. The topological polar surface area (TPSA) is 18.5 Å². The average Bonchev–Trinajstić information content (AvgIpc) is 2.60. The molecule has 0 spiro atoms. The Bertz CT molecular complexity index is 547. The fourth-order valence-electron chi connectivity index (χ4n) is 3.42. The van der Waals surface area contributed by atoms with Gasteiger partial charge in [0, 0.05) is 37.9 Å². The first-order valence-electron chi connectivity index (χ1n) is 8.59. The molecule has 0 bridgehead atoms. The molecule has 0 radical (unpaired) electrons. The van der Waals surface area contributed by atoms with Gasteiger partial charge in [-0.15, -0.1) is 0 Å². The van der Waals surface area contributed by atoms with Crippen LogP contribution in [0.2, 0.25) is 0 Å². The standard InChI is InChI=1S/C18H27N3S2/c1-14-4-3-5-17(15(14)2)19-18(22)21-10-8-20(9-11-21)16-6-12-23-13-7-16/h3-5,16H,6-13H2,1-2H3,(H,19,22). The van der Waals surface area contributed by atoms with Gasteiger partial charge in [-0.25, -0.2) is 0 Å². The van der Waals surface area contributed by atoms with Crippen LogP contribution in [0.1, 0.15) is 24.0 Å². The molecular weight excluding hydrogens is 322 g/mol. The second kappa shape index (κ2) is 7.86. The zero-order valence-corrected chi connectivity index (χ0v) is 15.8. The van der Waals surface area contributed by atoms with E-state index in [4.69, 9.17) is 12.2 Å². The molecule has 0 saturated carbocycles. The summed E-state index contributed by atoms with van der Waals surface area (Å²) in [4.78, 5) is 5.00. The van der Waals surface area contributed by atoms with Crippen LogP contribution in [0.3, 0.4) is 0 Å². The van der Waals surface area contributed by atoms with Gasteiger partial charge in [-0.2, -0.15) is 11.8 Å². The maximum absolute atomic E-state index is 5.65. The van der Waals surface area contributed by atoms with Gasteiger partial charge in [0.25, 0.3) is 0 Å². The van der Waals surface area contributed by atoms with E-state index in [1.807, 2.05) is 0 Å². The van der Waals surface area contributed by atoms with Crippen LogP contribution in [0.4, 0.5) is 5.69 Å². The molecule has 3 rings (SSSR count). The lowest BCUT2D eigenvalue weighted by atomic mass is 10.1. The van der Waals surface area contributed by atoms with Gasteiger partial charge in [0.2, 0.25) is 0 Å². The van der Waals surface area contributed by atoms with Crippen molar-refractivity contribution in [2.24, 2.45) is 0 Å². The zero-order valence-electron chi connectivity index (χ0n) is 14.2. The summed E-state index contributed by atoms with van der Waals surface area (Å²) in [6.07, 6.45) is 2.71. The maximum atomic E-state index is 5.65. The zero-order chi connectivity index (χ0) is 16.2. The van der Waals surface area contributed by atoms with E-state index in [0.29, 0.717) is 0 Å². The van der Waals surface area contributed by atoms with Gasteiger partial charge in [0.05, 0.1) is 0 Å². The first-order valence-corrected chi connectivity index (χ1v) is 10.2. The quantitative estimate of drug-likeness (QED) is 0.821. The lowest BCUT2D eigenvalue weighted by Crippen LogP contribution is -2.53. The summed E-state index contributed by atoms with van der Waals surface area (Å²) in [5.41, 5.74) is 3.73. The Hall–Kier alpha value is -0.780. The largest absolute Gasteiger partial charge is 0.346 e. The molecule has 3 nitrogen and oxygen atoms in total. The fraction of sp³-hybridized carbons (Fsp3) is 0.611. The highest BCUT2D eigenvalue weighted by atomic mass is 32.2. The Morgan fingerprint density at radius 1 is 1.13 bits per heavy atom. The number of nitrogens with one attached hydrogen (secondary N) is 1. The number of anilines is 1. The van der Waals surface area contributed by atoms with Crippen molar-refractivity contribution < 1.29 is 0 Å². The first-order chi connectivity index (χ1) is 11.1. The third kappa shape index (κ3) is 4.20. The van der Waals surface area contributed by atoms with Crippen LogP contribution < -0.4 is 5.32 Å². The highest BCUT2D eigenvalue weighted by molar-refractivity contribution is 7.99. The van der Waals surface area contributed by atoms with E-state index in [1.54, 1.807) is 0 Å². The molecule has 2 fully saturated rings. The number of aryl methyl sites for hydroxylation is 1. The molecule has 1 aromatic rings. The summed E-state index contributed by atoms with van der Waals surface area (Å²) in [7, 11) is 0. The van der Waals surface area contributed by atoms with Gasteiger partial charge in [0.15, 0.2) is 5.11 Å². The predicted octanol–water partition coefficient (Wildman–Crippen LogP) is 3.51. The van der Waals surface area contributed by atoms with E-state index in [0.717, 1.165) is 43.0 Å². The average molecular weight is 350 g/mol. The van der Waals surface area contributed by atoms with Crippen LogP contribution in [0.15, 0.2) is 18.2 Å². The molecule has 0 amide bonds. The molecule has 2 heterocycles. The summed E-state index contributed by atoms with van der Waals surface area (Å²) < 4.78 is 0. The van der Waals surface area contributed by atoms with E-state index in [-0.39, 0.29) is 0 Å². The number of nitrogens with zero attached hydrogens (tertiary/aromatic N) is 2. The Kier molecular flexibility index (Phi) is 5.83. The number of benzene rings is 1. The molecule has 1 aromatic carbocycles. The lowest BCUT2D eigenvalue weighted by Gasteiger charge is -2.41. The molecule has 0 atom stereocenters. The number of thiocarbonyl (C=S) groups is 1. The van der Waals surface area contributed by atoms with E-state index in [1.165, 1.54) is 35.5 Å². The van der Waals surface area contributed by atoms with Gasteiger partial charge in [-0.1, -0.05) is 12.1 Å². The van der Waals surface area contributed by atoms with Crippen molar-refractivity contribution in [3.8, 4) is 0 Å². The Labute approximate surface area is 149 Å². The molecular formula is C18H27N3S2. The first kappa shape index (κ1) is 17.1. The molecule has 2 aliphatic rings. The molecule has 126 valence electrons. The molecule has 0 aliphatic carbocycles. The number of hydrogen-bond acceptors (Lipinski definition) is 3. The lowest BCUT2D eigenvalue weighted by molar-refractivity contribution is 0.126. The minimum Gasteiger partial charge on any atom is -0.346 e. The normalized spacial score (nSPS) is 20.5. The van der Waals surface area contributed by atoms with E-state index < -0.39 is 0 Å². The summed E-state index contributed by atoms with van der Waals surface area (Å²) in [6, 6.07) is 7.15. The van der Waals surface area contributed by atoms with Crippen molar-refractivity contribution in [1.29, 1.82) is 0 Å². The van der Waals surface area contributed by atoms with Crippen molar-refractivity contribution in [1.82, 2.24) is 9.80 Å². The number of rotatable bonds is 2. The highest BCUT2D eigenvalue weighted by Gasteiger charge is 2.26. The highest BCUT2D eigenvalue weighted by Crippen LogP contribution is 2.23. The van der Waals surface area contributed by atoms with Crippen LogP contribution in [-0.2, 0) is 0 Å². The molecule has 0 aromatic heterocycles. The Balaban J connectivity index is 1.53. The molecule has 2 aliphatic heterocycles.